The smallest absolute Gasteiger partial charge is 0.232 e. The van der Waals surface area contributed by atoms with Gasteiger partial charge in [0.05, 0.1) is 13.2 Å². The number of hydrogen-bond acceptors (Lipinski definition) is 4. The molecular formula is C12H19NO4. The molecule has 96 valence electrons. The maximum atomic E-state index is 11.9. The SMILES string of the molecule is CC1C(=O)N(CC2COC(C)(C)O2)C(=O)C1C. The molecule has 2 fully saturated rings. The molecule has 2 heterocycles. The van der Waals surface area contributed by atoms with E-state index in [0.717, 1.165) is 0 Å². The summed E-state index contributed by atoms with van der Waals surface area (Å²) in [7, 11) is 0. The number of ether oxygens (including phenoxy) is 2. The highest BCUT2D eigenvalue weighted by Gasteiger charge is 2.44. The molecule has 0 aliphatic carbocycles. The number of carbonyl (C=O) groups is 2. The van der Waals surface area contributed by atoms with E-state index < -0.39 is 5.79 Å². The number of likely N-dealkylation sites (tertiary alicyclic amines) is 1. The first kappa shape index (κ1) is 12.5. The van der Waals surface area contributed by atoms with Gasteiger partial charge in [-0.15, -0.1) is 0 Å². The topological polar surface area (TPSA) is 55.8 Å². The molecule has 0 spiro atoms. The summed E-state index contributed by atoms with van der Waals surface area (Å²) in [5, 5.41) is 0. The summed E-state index contributed by atoms with van der Waals surface area (Å²) in [6, 6.07) is 0. The number of nitrogens with zero attached hydrogens (tertiary/aromatic N) is 1. The summed E-state index contributed by atoms with van der Waals surface area (Å²) in [5.41, 5.74) is 0. The quantitative estimate of drug-likeness (QED) is 0.670. The highest BCUT2D eigenvalue weighted by atomic mass is 16.7. The van der Waals surface area contributed by atoms with Crippen LogP contribution in [0.3, 0.4) is 0 Å². The number of hydrogen-bond donors (Lipinski definition) is 0. The van der Waals surface area contributed by atoms with Crippen LogP contribution in [0.25, 0.3) is 0 Å². The van der Waals surface area contributed by atoms with Gasteiger partial charge in [-0.25, -0.2) is 0 Å². The Morgan fingerprint density at radius 3 is 2.18 bits per heavy atom. The van der Waals surface area contributed by atoms with Gasteiger partial charge in [-0.1, -0.05) is 13.8 Å². The van der Waals surface area contributed by atoms with Crippen molar-refractivity contribution in [2.24, 2.45) is 11.8 Å². The van der Waals surface area contributed by atoms with Crippen molar-refractivity contribution in [2.45, 2.75) is 39.6 Å². The monoisotopic (exact) mass is 241 g/mol. The predicted octanol–water partition coefficient (Wildman–Crippen LogP) is 0.779. The molecule has 3 atom stereocenters. The first-order valence-corrected chi connectivity index (χ1v) is 5.99. The lowest BCUT2D eigenvalue weighted by Crippen LogP contribution is -2.39. The van der Waals surface area contributed by atoms with Crippen molar-refractivity contribution in [3.05, 3.63) is 0 Å². The number of amides is 2. The zero-order valence-electron chi connectivity index (χ0n) is 10.7. The average molecular weight is 241 g/mol. The van der Waals surface area contributed by atoms with E-state index in [0.29, 0.717) is 13.2 Å². The molecule has 2 saturated heterocycles. The Bertz CT molecular complexity index is 332. The molecule has 0 bridgehead atoms. The summed E-state index contributed by atoms with van der Waals surface area (Å²) in [4.78, 5) is 25.1. The van der Waals surface area contributed by atoms with Crippen LogP contribution in [0.4, 0.5) is 0 Å². The molecule has 2 amide bonds. The Kier molecular flexibility index (Phi) is 2.99. The van der Waals surface area contributed by atoms with Crippen LogP contribution < -0.4 is 0 Å². The average Bonchev–Trinajstić information content (AvgIpc) is 2.68. The Labute approximate surface area is 101 Å². The van der Waals surface area contributed by atoms with Gasteiger partial charge in [-0.3, -0.25) is 14.5 Å². The van der Waals surface area contributed by atoms with Gasteiger partial charge in [0.2, 0.25) is 11.8 Å². The minimum atomic E-state index is -0.617. The zero-order valence-corrected chi connectivity index (χ0v) is 10.7. The van der Waals surface area contributed by atoms with Gasteiger partial charge >= 0.3 is 0 Å². The van der Waals surface area contributed by atoms with Crippen LogP contribution >= 0.6 is 0 Å². The highest BCUT2D eigenvalue weighted by molar-refractivity contribution is 6.04. The second kappa shape index (κ2) is 4.07. The van der Waals surface area contributed by atoms with E-state index in [9.17, 15) is 9.59 Å². The highest BCUT2D eigenvalue weighted by Crippen LogP contribution is 2.28. The van der Waals surface area contributed by atoms with Gasteiger partial charge < -0.3 is 9.47 Å². The lowest BCUT2D eigenvalue weighted by atomic mass is 10.00. The van der Waals surface area contributed by atoms with E-state index in [1.807, 2.05) is 13.8 Å². The fraction of sp³-hybridized carbons (Fsp3) is 0.833. The lowest BCUT2D eigenvalue weighted by molar-refractivity contribution is -0.151. The fourth-order valence-electron chi connectivity index (χ4n) is 2.26. The normalized spacial score (nSPS) is 36.9. The van der Waals surface area contributed by atoms with E-state index >= 15 is 0 Å². The van der Waals surface area contributed by atoms with Gasteiger partial charge in [-0.2, -0.15) is 0 Å². The largest absolute Gasteiger partial charge is 0.348 e. The minimum absolute atomic E-state index is 0.101. The van der Waals surface area contributed by atoms with Crippen molar-refractivity contribution < 1.29 is 19.1 Å². The van der Waals surface area contributed by atoms with Crippen molar-refractivity contribution in [3.63, 3.8) is 0 Å². The Balaban J connectivity index is 2.01. The van der Waals surface area contributed by atoms with E-state index in [4.69, 9.17) is 9.47 Å². The first-order chi connectivity index (χ1) is 7.82. The number of carbonyl (C=O) groups excluding carboxylic acids is 2. The third-order valence-corrected chi connectivity index (χ3v) is 3.51. The van der Waals surface area contributed by atoms with Gasteiger partial charge in [0.15, 0.2) is 5.79 Å². The summed E-state index contributed by atoms with van der Waals surface area (Å²) < 4.78 is 11.0. The molecule has 0 aromatic heterocycles. The van der Waals surface area contributed by atoms with E-state index in [-0.39, 0.29) is 29.8 Å². The Morgan fingerprint density at radius 1 is 1.24 bits per heavy atom. The lowest BCUT2D eigenvalue weighted by Gasteiger charge is -2.20. The van der Waals surface area contributed by atoms with Crippen molar-refractivity contribution in [3.8, 4) is 0 Å². The van der Waals surface area contributed by atoms with Crippen LogP contribution in [0, 0.1) is 11.8 Å². The van der Waals surface area contributed by atoms with Crippen LogP contribution in [-0.4, -0.2) is 41.8 Å². The van der Waals surface area contributed by atoms with Crippen molar-refractivity contribution in [1.82, 2.24) is 4.90 Å². The van der Waals surface area contributed by atoms with Crippen LogP contribution in [-0.2, 0) is 19.1 Å². The molecule has 5 nitrogen and oxygen atoms in total. The molecule has 0 saturated carbocycles. The van der Waals surface area contributed by atoms with Crippen LogP contribution in [0.15, 0.2) is 0 Å². The summed E-state index contributed by atoms with van der Waals surface area (Å²) >= 11 is 0. The van der Waals surface area contributed by atoms with Crippen LogP contribution in [0.2, 0.25) is 0 Å². The molecule has 3 unspecified atom stereocenters. The number of imide groups is 1. The van der Waals surface area contributed by atoms with E-state index in [2.05, 4.69) is 0 Å². The first-order valence-electron chi connectivity index (χ1n) is 5.99. The molecule has 5 heteroatoms. The molecule has 0 aromatic rings. The molecule has 2 aliphatic heterocycles. The third kappa shape index (κ3) is 2.21. The van der Waals surface area contributed by atoms with Crippen molar-refractivity contribution in [1.29, 1.82) is 0 Å². The zero-order chi connectivity index (χ0) is 12.8. The fourth-order valence-corrected chi connectivity index (χ4v) is 2.26. The maximum Gasteiger partial charge on any atom is 0.232 e. The Hall–Kier alpha value is -0.940. The molecule has 0 N–H and O–H groups in total. The third-order valence-electron chi connectivity index (χ3n) is 3.51. The molecule has 17 heavy (non-hydrogen) atoms. The maximum absolute atomic E-state index is 11.9. The van der Waals surface area contributed by atoms with Gasteiger partial charge in [0.25, 0.3) is 0 Å². The second-order valence-corrected chi connectivity index (χ2v) is 5.32. The molecule has 0 radical (unpaired) electrons. The van der Waals surface area contributed by atoms with Crippen molar-refractivity contribution >= 4 is 11.8 Å². The molecular weight excluding hydrogens is 222 g/mol. The van der Waals surface area contributed by atoms with E-state index in [1.54, 1.807) is 13.8 Å². The van der Waals surface area contributed by atoms with Crippen molar-refractivity contribution in [2.75, 3.05) is 13.2 Å². The van der Waals surface area contributed by atoms with Gasteiger partial charge in [0, 0.05) is 11.8 Å². The standard InChI is InChI=1S/C12H19NO4/c1-7-8(2)11(15)13(10(7)14)5-9-6-16-12(3,4)17-9/h7-9H,5-6H2,1-4H3. The van der Waals surface area contributed by atoms with E-state index in [1.165, 1.54) is 4.90 Å². The number of rotatable bonds is 2. The van der Waals surface area contributed by atoms with Crippen LogP contribution in [0.5, 0.6) is 0 Å². The summed E-state index contributed by atoms with van der Waals surface area (Å²) in [5.74, 6) is -1.27. The van der Waals surface area contributed by atoms with Gasteiger partial charge in [-0.05, 0) is 13.8 Å². The van der Waals surface area contributed by atoms with Gasteiger partial charge in [0.1, 0.15) is 6.10 Å². The molecule has 2 rings (SSSR count). The molecule has 0 aromatic carbocycles. The Morgan fingerprint density at radius 2 is 1.76 bits per heavy atom. The minimum Gasteiger partial charge on any atom is -0.348 e. The predicted molar refractivity (Wildman–Crippen MR) is 60.0 cm³/mol. The second-order valence-electron chi connectivity index (χ2n) is 5.32. The van der Waals surface area contributed by atoms with Crippen LogP contribution in [0.1, 0.15) is 27.7 Å². The summed E-state index contributed by atoms with van der Waals surface area (Å²) in [6.45, 7) is 7.96. The summed E-state index contributed by atoms with van der Waals surface area (Å²) in [6.07, 6.45) is -0.213. The molecule has 2 aliphatic rings.